The van der Waals surface area contributed by atoms with Gasteiger partial charge in [-0.15, -0.1) is 5.10 Å². The van der Waals surface area contributed by atoms with Crippen LogP contribution in [0.5, 0.6) is 0 Å². The Labute approximate surface area is 85.5 Å². The van der Waals surface area contributed by atoms with Gasteiger partial charge in [-0.3, -0.25) is 4.79 Å². The number of rotatable bonds is 1. The van der Waals surface area contributed by atoms with Crippen molar-refractivity contribution in [1.29, 1.82) is 0 Å². The number of benzene rings is 1. The van der Waals surface area contributed by atoms with E-state index in [1.165, 1.54) is 11.5 Å². The molecule has 0 saturated heterocycles. The molecule has 72 valence electrons. The molecule has 14 heavy (non-hydrogen) atoms. The molecule has 0 bridgehead atoms. The maximum atomic E-state index is 10.4. The molecule has 2 N–H and O–H groups in total. The Morgan fingerprint density at radius 2 is 2.00 bits per heavy atom. The van der Waals surface area contributed by atoms with Gasteiger partial charge in [-0.05, 0) is 23.7 Å². The number of amides is 1. The maximum absolute atomic E-state index is 10.4. The smallest absolute Gasteiger partial charge is 0.248 e. The van der Waals surface area contributed by atoms with Gasteiger partial charge in [-0.1, -0.05) is 22.7 Å². The summed E-state index contributed by atoms with van der Waals surface area (Å²) in [7, 11) is 0. The SMILES string of the molecule is NC(=O)c1ccccc1.c1csnn1. The molecule has 0 aliphatic carbocycles. The second kappa shape index (κ2) is 5.82. The Morgan fingerprint density at radius 1 is 1.29 bits per heavy atom. The minimum atomic E-state index is -0.379. The lowest BCUT2D eigenvalue weighted by Crippen LogP contribution is -2.09. The van der Waals surface area contributed by atoms with E-state index in [0.29, 0.717) is 5.56 Å². The highest BCUT2D eigenvalue weighted by atomic mass is 32.1. The maximum Gasteiger partial charge on any atom is 0.248 e. The summed E-state index contributed by atoms with van der Waals surface area (Å²) in [6.07, 6.45) is 1.66. The highest BCUT2D eigenvalue weighted by Gasteiger charge is 1.93. The fraction of sp³-hybridized carbons (Fsp3) is 0. The molecule has 2 rings (SSSR count). The summed E-state index contributed by atoms with van der Waals surface area (Å²) in [6, 6.07) is 8.76. The first-order valence-corrected chi connectivity index (χ1v) is 4.70. The Kier molecular flexibility index (Phi) is 4.30. The third kappa shape index (κ3) is 3.77. The van der Waals surface area contributed by atoms with Crippen LogP contribution < -0.4 is 5.73 Å². The minimum absolute atomic E-state index is 0.379. The van der Waals surface area contributed by atoms with E-state index >= 15 is 0 Å². The number of nitrogens with two attached hydrogens (primary N) is 1. The van der Waals surface area contributed by atoms with E-state index in [4.69, 9.17) is 5.73 Å². The van der Waals surface area contributed by atoms with Crippen molar-refractivity contribution in [2.24, 2.45) is 5.73 Å². The van der Waals surface area contributed by atoms with Crippen LogP contribution >= 0.6 is 11.5 Å². The summed E-state index contributed by atoms with van der Waals surface area (Å²) < 4.78 is 3.51. The van der Waals surface area contributed by atoms with Gasteiger partial charge in [-0.2, -0.15) is 0 Å². The summed E-state index contributed by atoms with van der Waals surface area (Å²) in [5, 5.41) is 5.31. The van der Waals surface area contributed by atoms with Crippen LogP contribution in [0.1, 0.15) is 10.4 Å². The summed E-state index contributed by atoms with van der Waals surface area (Å²) >= 11 is 1.35. The lowest BCUT2D eigenvalue weighted by atomic mass is 10.2. The molecule has 0 radical (unpaired) electrons. The van der Waals surface area contributed by atoms with Crippen LogP contribution in [-0.2, 0) is 0 Å². The Hall–Kier alpha value is -1.75. The number of hydrogen-bond donors (Lipinski definition) is 1. The largest absolute Gasteiger partial charge is 0.366 e. The van der Waals surface area contributed by atoms with Crippen LogP contribution in [0, 0.1) is 0 Å². The van der Waals surface area contributed by atoms with Gasteiger partial charge < -0.3 is 5.73 Å². The third-order valence-corrected chi connectivity index (χ3v) is 1.77. The Bertz CT molecular complexity index is 344. The van der Waals surface area contributed by atoms with Gasteiger partial charge in [0, 0.05) is 10.9 Å². The van der Waals surface area contributed by atoms with E-state index in [9.17, 15) is 4.79 Å². The second-order valence-electron chi connectivity index (χ2n) is 2.32. The molecule has 5 heteroatoms. The van der Waals surface area contributed by atoms with Gasteiger partial charge in [-0.25, -0.2) is 0 Å². The van der Waals surface area contributed by atoms with Crippen LogP contribution in [0.3, 0.4) is 0 Å². The highest BCUT2D eigenvalue weighted by molar-refractivity contribution is 7.03. The summed E-state index contributed by atoms with van der Waals surface area (Å²) in [4.78, 5) is 10.4. The van der Waals surface area contributed by atoms with Crippen LogP contribution in [0.2, 0.25) is 0 Å². The molecule has 4 nitrogen and oxygen atoms in total. The lowest BCUT2D eigenvalue weighted by Gasteiger charge is -1.89. The lowest BCUT2D eigenvalue weighted by molar-refractivity contribution is 0.100. The molecule has 0 fully saturated rings. The van der Waals surface area contributed by atoms with E-state index in [0.717, 1.165) is 0 Å². The second-order valence-corrected chi connectivity index (χ2v) is 2.96. The molecular weight excluding hydrogens is 198 g/mol. The number of aromatic nitrogens is 2. The molecule has 1 amide bonds. The average molecular weight is 207 g/mol. The van der Waals surface area contributed by atoms with E-state index in [1.807, 2.05) is 11.4 Å². The molecule has 0 spiro atoms. The molecule has 0 atom stereocenters. The van der Waals surface area contributed by atoms with Crippen LogP contribution in [0.15, 0.2) is 41.9 Å². The number of hydrogen-bond acceptors (Lipinski definition) is 4. The molecule has 0 aliphatic heterocycles. The van der Waals surface area contributed by atoms with E-state index < -0.39 is 0 Å². The first kappa shape index (κ1) is 10.3. The molecule has 0 aliphatic rings. The van der Waals surface area contributed by atoms with Gasteiger partial charge >= 0.3 is 0 Å². The summed E-state index contributed by atoms with van der Waals surface area (Å²) in [5.74, 6) is -0.379. The summed E-state index contributed by atoms with van der Waals surface area (Å²) in [6.45, 7) is 0. The van der Waals surface area contributed by atoms with Crippen molar-refractivity contribution in [3.63, 3.8) is 0 Å². The molecule has 1 aromatic heterocycles. The number of nitrogens with zero attached hydrogens (tertiary/aromatic N) is 2. The number of carbonyl (C=O) groups excluding carboxylic acids is 1. The first-order chi connectivity index (χ1) is 6.80. The van der Waals surface area contributed by atoms with Crippen molar-refractivity contribution >= 4 is 17.4 Å². The predicted octanol–water partition coefficient (Wildman–Crippen LogP) is 1.32. The van der Waals surface area contributed by atoms with Crippen molar-refractivity contribution in [1.82, 2.24) is 9.59 Å². The predicted molar refractivity (Wildman–Crippen MR) is 54.9 cm³/mol. The fourth-order valence-electron chi connectivity index (χ4n) is 0.739. The molecular formula is C9H9N3OS. The van der Waals surface area contributed by atoms with Gasteiger partial charge in [0.15, 0.2) is 0 Å². The Balaban J connectivity index is 0.000000165. The molecule has 1 heterocycles. The van der Waals surface area contributed by atoms with Gasteiger partial charge in [0.25, 0.3) is 0 Å². The van der Waals surface area contributed by atoms with Crippen LogP contribution in [-0.4, -0.2) is 15.5 Å². The monoisotopic (exact) mass is 207 g/mol. The molecule has 2 aromatic rings. The van der Waals surface area contributed by atoms with Crippen LogP contribution in [0.4, 0.5) is 0 Å². The zero-order valence-electron chi connectivity index (χ0n) is 7.33. The molecule has 1 aromatic carbocycles. The van der Waals surface area contributed by atoms with Gasteiger partial charge in [0.1, 0.15) is 0 Å². The standard InChI is InChI=1S/C7H7NO.C2H2N2S/c8-7(9)6-4-2-1-3-5-6;1-2-5-4-3-1/h1-5H,(H2,8,9);1-2H. The normalized spacial score (nSPS) is 8.57. The first-order valence-electron chi connectivity index (χ1n) is 3.86. The van der Waals surface area contributed by atoms with Crippen molar-refractivity contribution in [2.45, 2.75) is 0 Å². The van der Waals surface area contributed by atoms with E-state index in [2.05, 4.69) is 9.59 Å². The van der Waals surface area contributed by atoms with Crippen molar-refractivity contribution < 1.29 is 4.79 Å². The van der Waals surface area contributed by atoms with E-state index in [1.54, 1.807) is 30.5 Å². The number of carbonyl (C=O) groups is 1. The van der Waals surface area contributed by atoms with Crippen LogP contribution in [0.25, 0.3) is 0 Å². The minimum Gasteiger partial charge on any atom is -0.366 e. The molecule has 0 saturated carbocycles. The topological polar surface area (TPSA) is 68.9 Å². The fourth-order valence-corrected chi connectivity index (χ4v) is 1.01. The quantitative estimate of drug-likeness (QED) is 0.766. The summed E-state index contributed by atoms with van der Waals surface area (Å²) in [5.41, 5.74) is 5.53. The average Bonchev–Trinajstić information content (AvgIpc) is 2.77. The van der Waals surface area contributed by atoms with Crippen molar-refractivity contribution in [3.05, 3.63) is 47.5 Å². The zero-order chi connectivity index (χ0) is 10.2. The van der Waals surface area contributed by atoms with Crippen molar-refractivity contribution in [3.8, 4) is 0 Å². The van der Waals surface area contributed by atoms with Gasteiger partial charge in [0.05, 0.1) is 6.20 Å². The number of primary amides is 1. The van der Waals surface area contributed by atoms with Gasteiger partial charge in [0.2, 0.25) is 5.91 Å². The molecule has 0 unspecified atom stereocenters. The van der Waals surface area contributed by atoms with Crippen molar-refractivity contribution in [2.75, 3.05) is 0 Å². The van der Waals surface area contributed by atoms with E-state index in [-0.39, 0.29) is 5.91 Å². The zero-order valence-corrected chi connectivity index (χ0v) is 8.15. The Morgan fingerprint density at radius 3 is 2.29 bits per heavy atom. The third-order valence-electron chi connectivity index (χ3n) is 1.34. The highest BCUT2D eigenvalue weighted by Crippen LogP contribution is 1.94.